The molecule has 2 atom stereocenters. The van der Waals surface area contributed by atoms with E-state index in [2.05, 4.69) is 10.1 Å². The first-order chi connectivity index (χ1) is 10.8. The van der Waals surface area contributed by atoms with E-state index in [9.17, 15) is 18.0 Å². The quantitative estimate of drug-likeness (QED) is 0.891. The number of aliphatic hydroxyl groups excluding tert-OH is 1. The second-order valence-electron chi connectivity index (χ2n) is 5.57. The summed E-state index contributed by atoms with van der Waals surface area (Å²) in [6.45, 7) is 2.90. The Morgan fingerprint density at radius 1 is 1.43 bits per heavy atom. The summed E-state index contributed by atoms with van der Waals surface area (Å²) in [5.74, 6) is -0.194. The van der Waals surface area contributed by atoms with E-state index in [0.717, 1.165) is 6.42 Å². The summed E-state index contributed by atoms with van der Waals surface area (Å²) in [5.41, 5.74) is 0.672. The van der Waals surface area contributed by atoms with Crippen molar-refractivity contribution in [3.05, 3.63) is 29.8 Å². The molecule has 0 bridgehead atoms. The molecule has 1 aromatic carbocycles. The van der Waals surface area contributed by atoms with Crippen LogP contribution in [0.2, 0.25) is 0 Å². The molecule has 0 spiro atoms. The van der Waals surface area contributed by atoms with Crippen LogP contribution in [-0.2, 0) is 0 Å². The highest BCUT2D eigenvalue weighted by molar-refractivity contribution is 5.75. The molecule has 0 aliphatic carbocycles. The van der Waals surface area contributed by atoms with Crippen LogP contribution >= 0.6 is 0 Å². The fourth-order valence-corrected chi connectivity index (χ4v) is 2.48. The minimum absolute atomic E-state index is 0.0556. The van der Waals surface area contributed by atoms with Crippen molar-refractivity contribution in [2.45, 2.75) is 25.7 Å². The van der Waals surface area contributed by atoms with Gasteiger partial charge in [0.05, 0.1) is 6.04 Å². The normalized spacial score (nSPS) is 19.5. The zero-order valence-electron chi connectivity index (χ0n) is 12.6. The Kier molecular flexibility index (Phi) is 5.35. The number of carbonyl (C=O) groups excluding carboxylic acids is 1. The number of nitrogens with zero attached hydrogens (tertiary/aromatic N) is 1. The van der Waals surface area contributed by atoms with E-state index in [-0.39, 0.29) is 30.3 Å². The Balaban J connectivity index is 1.90. The lowest BCUT2D eigenvalue weighted by Crippen LogP contribution is -2.39. The maximum Gasteiger partial charge on any atom is 0.573 e. The Bertz CT molecular complexity index is 534. The second-order valence-corrected chi connectivity index (χ2v) is 5.57. The molecular formula is C15H19F3N2O3. The monoisotopic (exact) mass is 332 g/mol. The summed E-state index contributed by atoms with van der Waals surface area (Å²) in [7, 11) is 0. The van der Waals surface area contributed by atoms with Crippen LogP contribution in [0.25, 0.3) is 0 Å². The van der Waals surface area contributed by atoms with E-state index in [1.54, 1.807) is 11.8 Å². The molecule has 8 heteroatoms. The average Bonchev–Trinajstić information content (AvgIpc) is 2.95. The highest BCUT2D eigenvalue weighted by Gasteiger charge is 2.31. The number of aliphatic hydroxyl groups is 1. The molecule has 2 rings (SSSR count). The minimum Gasteiger partial charge on any atom is -0.406 e. The fraction of sp³-hybridized carbons (Fsp3) is 0.533. The highest BCUT2D eigenvalue weighted by atomic mass is 19.4. The van der Waals surface area contributed by atoms with E-state index in [4.69, 9.17) is 5.11 Å². The first-order valence-corrected chi connectivity index (χ1v) is 7.30. The number of ether oxygens (including phenoxy) is 1. The first-order valence-electron chi connectivity index (χ1n) is 7.30. The van der Waals surface area contributed by atoms with Crippen molar-refractivity contribution >= 4 is 6.03 Å². The maximum atomic E-state index is 12.1. The molecule has 1 aliphatic rings. The standard InChI is InChI=1S/C15H19F3N2O3/c1-10(19-14(22)20-7-6-11(8-20)9-21)12-2-4-13(5-3-12)23-15(16,17)18/h2-5,10-11,21H,6-9H2,1H3,(H,19,22). The molecule has 2 unspecified atom stereocenters. The van der Waals surface area contributed by atoms with Crippen molar-refractivity contribution in [2.75, 3.05) is 19.7 Å². The van der Waals surface area contributed by atoms with Crippen LogP contribution in [0.3, 0.4) is 0 Å². The molecule has 2 N–H and O–H groups in total. The molecule has 1 aromatic rings. The van der Waals surface area contributed by atoms with Gasteiger partial charge >= 0.3 is 12.4 Å². The average molecular weight is 332 g/mol. The highest BCUT2D eigenvalue weighted by Crippen LogP contribution is 2.24. The number of hydrogen-bond donors (Lipinski definition) is 2. The fourth-order valence-electron chi connectivity index (χ4n) is 2.48. The topological polar surface area (TPSA) is 61.8 Å². The van der Waals surface area contributed by atoms with Gasteiger partial charge in [0.25, 0.3) is 0 Å². The van der Waals surface area contributed by atoms with Crippen LogP contribution < -0.4 is 10.1 Å². The van der Waals surface area contributed by atoms with Gasteiger partial charge < -0.3 is 20.1 Å². The molecule has 23 heavy (non-hydrogen) atoms. The molecular weight excluding hydrogens is 313 g/mol. The van der Waals surface area contributed by atoms with Gasteiger partial charge in [-0.05, 0) is 31.0 Å². The number of hydrogen-bond acceptors (Lipinski definition) is 3. The Morgan fingerprint density at radius 3 is 2.61 bits per heavy atom. The Hall–Kier alpha value is -1.96. The van der Waals surface area contributed by atoms with E-state index in [1.807, 2.05) is 0 Å². The summed E-state index contributed by atoms with van der Waals surface area (Å²) in [6.07, 6.45) is -3.96. The van der Waals surface area contributed by atoms with Crippen molar-refractivity contribution < 1.29 is 27.8 Å². The van der Waals surface area contributed by atoms with Crippen molar-refractivity contribution in [3.63, 3.8) is 0 Å². The number of amides is 2. The maximum absolute atomic E-state index is 12.1. The van der Waals surface area contributed by atoms with Crippen LogP contribution in [-0.4, -0.2) is 42.1 Å². The van der Waals surface area contributed by atoms with Crippen LogP contribution in [0.5, 0.6) is 5.75 Å². The Morgan fingerprint density at radius 2 is 2.09 bits per heavy atom. The lowest BCUT2D eigenvalue weighted by atomic mass is 10.1. The molecule has 1 heterocycles. The van der Waals surface area contributed by atoms with Crippen molar-refractivity contribution in [3.8, 4) is 5.75 Å². The SMILES string of the molecule is CC(NC(=O)N1CCC(CO)C1)c1ccc(OC(F)(F)F)cc1. The van der Waals surface area contributed by atoms with Crippen molar-refractivity contribution in [1.82, 2.24) is 10.2 Å². The molecule has 0 radical (unpaired) electrons. The lowest BCUT2D eigenvalue weighted by Gasteiger charge is -2.21. The third-order valence-electron chi connectivity index (χ3n) is 3.78. The van der Waals surface area contributed by atoms with Gasteiger partial charge in [0, 0.05) is 25.6 Å². The van der Waals surface area contributed by atoms with Gasteiger partial charge in [-0.2, -0.15) is 0 Å². The lowest BCUT2D eigenvalue weighted by molar-refractivity contribution is -0.274. The van der Waals surface area contributed by atoms with Gasteiger partial charge in [-0.3, -0.25) is 0 Å². The number of likely N-dealkylation sites (tertiary alicyclic amines) is 1. The zero-order valence-corrected chi connectivity index (χ0v) is 12.6. The summed E-state index contributed by atoms with van der Waals surface area (Å²) in [6, 6.07) is 4.78. The molecule has 128 valence electrons. The summed E-state index contributed by atoms with van der Waals surface area (Å²) in [5, 5.41) is 11.9. The van der Waals surface area contributed by atoms with Crippen LogP contribution in [0.1, 0.15) is 24.9 Å². The molecule has 1 aliphatic heterocycles. The largest absolute Gasteiger partial charge is 0.573 e. The van der Waals surface area contributed by atoms with Gasteiger partial charge in [-0.25, -0.2) is 4.79 Å². The van der Waals surface area contributed by atoms with E-state index in [1.165, 1.54) is 24.3 Å². The zero-order chi connectivity index (χ0) is 17.0. The molecule has 0 saturated carbocycles. The summed E-state index contributed by atoms with van der Waals surface area (Å²) in [4.78, 5) is 13.7. The van der Waals surface area contributed by atoms with Gasteiger partial charge in [0.15, 0.2) is 0 Å². The second kappa shape index (κ2) is 7.08. The van der Waals surface area contributed by atoms with Crippen molar-refractivity contribution in [2.24, 2.45) is 5.92 Å². The third-order valence-corrected chi connectivity index (χ3v) is 3.78. The van der Waals surface area contributed by atoms with Crippen LogP contribution in [0, 0.1) is 5.92 Å². The first kappa shape index (κ1) is 17.4. The number of benzene rings is 1. The number of nitrogens with one attached hydrogen (secondary N) is 1. The van der Waals surface area contributed by atoms with E-state index < -0.39 is 6.36 Å². The predicted octanol–water partition coefficient (Wildman–Crippen LogP) is 2.67. The number of alkyl halides is 3. The van der Waals surface area contributed by atoms with E-state index in [0.29, 0.717) is 18.7 Å². The van der Waals surface area contributed by atoms with Gasteiger partial charge in [0.2, 0.25) is 0 Å². The third kappa shape index (κ3) is 5.02. The molecule has 1 saturated heterocycles. The number of carbonyl (C=O) groups is 1. The minimum atomic E-state index is -4.72. The summed E-state index contributed by atoms with van der Waals surface area (Å²) >= 11 is 0. The number of halogens is 3. The van der Waals surface area contributed by atoms with Crippen molar-refractivity contribution in [1.29, 1.82) is 0 Å². The van der Waals surface area contributed by atoms with E-state index >= 15 is 0 Å². The number of urea groups is 1. The van der Waals surface area contributed by atoms with Gasteiger partial charge in [-0.15, -0.1) is 13.2 Å². The Labute approximate surface area is 132 Å². The van der Waals surface area contributed by atoms with Crippen LogP contribution in [0.4, 0.5) is 18.0 Å². The van der Waals surface area contributed by atoms with Gasteiger partial charge in [-0.1, -0.05) is 12.1 Å². The van der Waals surface area contributed by atoms with Gasteiger partial charge in [0.1, 0.15) is 5.75 Å². The molecule has 5 nitrogen and oxygen atoms in total. The molecule has 2 amide bonds. The molecule has 0 aromatic heterocycles. The summed E-state index contributed by atoms with van der Waals surface area (Å²) < 4.78 is 40.1. The van der Waals surface area contributed by atoms with Crippen LogP contribution in [0.15, 0.2) is 24.3 Å². The number of rotatable bonds is 4. The smallest absolute Gasteiger partial charge is 0.406 e. The predicted molar refractivity (Wildman–Crippen MR) is 76.8 cm³/mol. The molecule has 1 fully saturated rings.